The van der Waals surface area contributed by atoms with Gasteiger partial charge in [0.05, 0.1) is 17.4 Å². The van der Waals surface area contributed by atoms with Gasteiger partial charge in [0.1, 0.15) is 23.0 Å². The lowest BCUT2D eigenvalue weighted by atomic mass is 9.92. The lowest BCUT2D eigenvalue weighted by Gasteiger charge is -2.22. The number of imidazole rings is 1. The van der Waals surface area contributed by atoms with Crippen LogP contribution >= 0.6 is 0 Å². The van der Waals surface area contributed by atoms with E-state index in [4.69, 9.17) is 9.40 Å². The second-order valence-corrected chi connectivity index (χ2v) is 9.38. The molecule has 0 amide bonds. The van der Waals surface area contributed by atoms with E-state index in [1.165, 1.54) is 11.1 Å². The number of rotatable bonds is 4. The van der Waals surface area contributed by atoms with Crippen molar-refractivity contribution in [2.45, 2.75) is 39.5 Å². The summed E-state index contributed by atoms with van der Waals surface area (Å²) < 4.78 is 8.60. The van der Waals surface area contributed by atoms with E-state index in [1.54, 1.807) is 12.5 Å². The largest absolute Gasteiger partial charge is 0.455 e. The van der Waals surface area contributed by atoms with Crippen LogP contribution in [0.3, 0.4) is 0 Å². The van der Waals surface area contributed by atoms with Gasteiger partial charge in [0.2, 0.25) is 0 Å². The number of hydrogen-bond donors (Lipinski definition) is 0. The predicted molar refractivity (Wildman–Crippen MR) is 138 cm³/mol. The van der Waals surface area contributed by atoms with Gasteiger partial charge in [-0.2, -0.15) is 0 Å². The molecule has 0 N–H and O–H groups in total. The summed E-state index contributed by atoms with van der Waals surface area (Å²) >= 11 is 0. The Bertz CT molecular complexity index is 1650. The van der Waals surface area contributed by atoms with Crippen LogP contribution in [-0.4, -0.2) is 19.5 Å². The standard InChI is InChI=1S/C29H26N4O/c1-17(2)19-10-7-11-20(18(3)4)26(19)33-28(32-24-15-30-16-31-29(24)33)23-13-8-12-22-21-9-5-6-14-25(21)34-27(22)23/h5-18H,1-4H3. The summed E-state index contributed by atoms with van der Waals surface area (Å²) in [5, 5.41) is 2.19. The number of aromatic nitrogens is 4. The van der Waals surface area contributed by atoms with E-state index in [0.717, 1.165) is 50.2 Å². The van der Waals surface area contributed by atoms with Crippen LogP contribution < -0.4 is 0 Å². The summed E-state index contributed by atoms with van der Waals surface area (Å²) in [5.74, 6) is 1.49. The molecule has 168 valence electrons. The van der Waals surface area contributed by atoms with E-state index >= 15 is 0 Å². The zero-order valence-corrected chi connectivity index (χ0v) is 19.8. The molecule has 6 aromatic rings. The highest BCUT2D eigenvalue weighted by molar-refractivity contribution is 6.09. The fourth-order valence-corrected chi connectivity index (χ4v) is 4.92. The molecule has 0 radical (unpaired) electrons. The minimum absolute atomic E-state index is 0.336. The second kappa shape index (κ2) is 7.80. The van der Waals surface area contributed by atoms with Gasteiger partial charge in [-0.05, 0) is 35.1 Å². The molecule has 5 heteroatoms. The zero-order chi connectivity index (χ0) is 23.4. The van der Waals surface area contributed by atoms with Gasteiger partial charge in [0.25, 0.3) is 0 Å². The van der Waals surface area contributed by atoms with Gasteiger partial charge in [0.15, 0.2) is 11.5 Å². The van der Waals surface area contributed by atoms with E-state index in [9.17, 15) is 0 Å². The van der Waals surface area contributed by atoms with Gasteiger partial charge < -0.3 is 4.42 Å². The van der Waals surface area contributed by atoms with Crippen LogP contribution in [0.25, 0.3) is 50.2 Å². The Morgan fingerprint density at radius 1 is 0.794 bits per heavy atom. The average molecular weight is 447 g/mol. The first-order valence-electron chi connectivity index (χ1n) is 11.8. The molecular formula is C29H26N4O. The summed E-state index contributed by atoms with van der Waals surface area (Å²) in [6.07, 6.45) is 3.38. The van der Waals surface area contributed by atoms with Crippen molar-refractivity contribution in [2.24, 2.45) is 0 Å². The summed E-state index contributed by atoms with van der Waals surface area (Å²) in [6.45, 7) is 8.93. The monoisotopic (exact) mass is 446 g/mol. The Morgan fingerprint density at radius 3 is 2.26 bits per heavy atom. The highest BCUT2D eigenvalue weighted by atomic mass is 16.3. The van der Waals surface area contributed by atoms with Crippen molar-refractivity contribution in [1.82, 2.24) is 19.5 Å². The van der Waals surface area contributed by atoms with Crippen LogP contribution in [0.2, 0.25) is 0 Å². The van der Waals surface area contributed by atoms with E-state index in [2.05, 4.69) is 84.7 Å². The van der Waals surface area contributed by atoms with E-state index in [0.29, 0.717) is 11.8 Å². The number of benzene rings is 3. The maximum absolute atomic E-state index is 6.39. The van der Waals surface area contributed by atoms with E-state index < -0.39 is 0 Å². The molecule has 0 saturated heterocycles. The van der Waals surface area contributed by atoms with Gasteiger partial charge in [-0.25, -0.2) is 15.0 Å². The maximum atomic E-state index is 6.39. The van der Waals surface area contributed by atoms with Gasteiger partial charge in [-0.3, -0.25) is 4.57 Å². The van der Waals surface area contributed by atoms with Crippen molar-refractivity contribution in [2.75, 3.05) is 0 Å². The molecule has 0 bridgehead atoms. The number of fused-ring (bicyclic) bond motifs is 4. The Labute approximate surface area is 198 Å². The molecule has 34 heavy (non-hydrogen) atoms. The molecule has 0 aliphatic heterocycles. The molecule has 0 unspecified atom stereocenters. The lowest BCUT2D eigenvalue weighted by Crippen LogP contribution is -2.09. The summed E-state index contributed by atoms with van der Waals surface area (Å²) in [5.41, 5.74) is 7.90. The van der Waals surface area contributed by atoms with E-state index in [1.807, 2.05) is 18.2 Å². The normalized spacial score (nSPS) is 12.1. The number of hydrogen-bond acceptors (Lipinski definition) is 4. The van der Waals surface area contributed by atoms with Crippen molar-refractivity contribution < 1.29 is 4.42 Å². The van der Waals surface area contributed by atoms with Crippen LogP contribution in [0.15, 0.2) is 77.6 Å². The molecule has 5 nitrogen and oxygen atoms in total. The molecule has 3 heterocycles. The second-order valence-electron chi connectivity index (χ2n) is 9.38. The third-order valence-corrected chi connectivity index (χ3v) is 6.53. The molecule has 3 aromatic heterocycles. The first-order valence-corrected chi connectivity index (χ1v) is 11.8. The molecule has 3 aromatic carbocycles. The molecule has 0 spiro atoms. The topological polar surface area (TPSA) is 56.7 Å². The minimum Gasteiger partial charge on any atom is -0.455 e. The summed E-state index contributed by atoms with van der Waals surface area (Å²) in [4.78, 5) is 14.0. The minimum atomic E-state index is 0.336. The first kappa shape index (κ1) is 20.6. The zero-order valence-electron chi connectivity index (χ0n) is 19.8. The lowest BCUT2D eigenvalue weighted by molar-refractivity contribution is 0.669. The van der Waals surface area contributed by atoms with Gasteiger partial charge in [-0.1, -0.05) is 76.2 Å². The van der Waals surface area contributed by atoms with E-state index in [-0.39, 0.29) is 0 Å². The number of para-hydroxylation sites is 3. The Balaban J connectivity index is 1.77. The first-order chi connectivity index (χ1) is 16.5. The van der Waals surface area contributed by atoms with Crippen molar-refractivity contribution in [3.8, 4) is 17.1 Å². The average Bonchev–Trinajstić information content (AvgIpc) is 3.42. The number of furan rings is 1. The molecular weight excluding hydrogens is 420 g/mol. The van der Waals surface area contributed by atoms with Gasteiger partial charge >= 0.3 is 0 Å². The van der Waals surface area contributed by atoms with Crippen molar-refractivity contribution in [3.05, 3.63) is 84.3 Å². The fraction of sp³-hybridized carbons (Fsp3) is 0.207. The molecule has 0 atom stereocenters. The van der Waals surface area contributed by atoms with Crippen molar-refractivity contribution >= 4 is 33.1 Å². The smallest absolute Gasteiger partial charge is 0.168 e. The molecule has 0 fully saturated rings. The summed E-state index contributed by atoms with van der Waals surface area (Å²) in [6, 6.07) is 21.0. The molecule has 0 aliphatic carbocycles. The van der Waals surface area contributed by atoms with Gasteiger partial charge in [-0.15, -0.1) is 0 Å². The fourth-order valence-electron chi connectivity index (χ4n) is 4.92. The predicted octanol–water partition coefficient (Wildman–Crippen LogP) is 7.63. The van der Waals surface area contributed by atoms with Crippen LogP contribution in [0.4, 0.5) is 0 Å². The van der Waals surface area contributed by atoms with Crippen molar-refractivity contribution in [3.63, 3.8) is 0 Å². The van der Waals surface area contributed by atoms with Crippen LogP contribution in [0.1, 0.15) is 50.7 Å². The molecule has 0 saturated carbocycles. The third-order valence-electron chi connectivity index (χ3n) is 6.53. The van der Waals surface area contributed by atoms with Crippen LogP contribution in [0, 0.1) is 0 Å². The number of nitrogens with zero attached hydrogens (tertiary/aromatic N) is 4. The van der Waals surface area contributed by atoms with Gasteiger partial charge in [0, 0.05) is 10.8 Å². The van der Waals surface area contributed by atoms with Crippen LogP contribution in [-0.2, 0) is 0 Å². The highest BCUT2D eigenvalue weighted by Gasteiger charge is 2.24. The SMILES string of the molecule is CC(C)c1cccc(C(C)C)c1-n1c(-c2cccc3c2oc2ccccc23)nc2cncnc21. The maximum Gasteiger partial charge on any atom is 0.168 e. The van der Waals surface area contributed by atoms with Crippen molar-refractivity contribution in [1.29, 1.82) is 0 Å². The molecule has 0 aliphatic rings. The Morgan fingerprint density at radius 2 is 1.50 bits per heavy atom. The Kier molecular flexibility index (Phi) is 4.73. The quantitative estimate of drug-likeness (QED) is 0.279. The summed E-state index contributed by atoms with van der Waals surface area (Å²) in [7, 11) is 0. The van der Waals surface area contributed by atoms with Crippen LogP contribution in [0.5, 0.6) is 0 Å². The molecule has 6 rings (SSSR count). The highest BCUT2D eigenvalue weighted by Crippen LogP contribution is 2.40. The Hall–Kier alpha value is -3.99. The third kappa shape index (κ3) is 3.04.